The number of rotatable bonds is 3. The lowest BCUT2D eigenvalue weighted by atomic mass is 9.64. The minimum absolute atomic E-state index is 0.224. The molecule has 2 aromatic heterocycles. The third kappa shape index (κ3) is 2.96. The van der Waals surface area contributed by atoms with Gasteiger partial charge < -0.3 is 10.2 Å². The van der Waals surface area contributed by atoms with Gasteiger partial charge in [0.1, 0.15) is 0 Å². The molecule has 0 radical (unpaired) electrons. The van der Waals surface area contributed by atoms with Crippen molar-refractivity contribution in [2.24, 2.45) is 0 Å². The van der Waals surface area contributed by atoms with Gasteiger partial charge in [-0.1, -0.05) is 30.3 Å². The Morgan fingerprint density at radius 1 is 1.07 bits per heavy atom. The van der Waals surface area contributed by atoms with Gasteiger partial charge in [0, 0.05) is 43.2 Å². The highest BCUT2D eigenvalue weighted by molar-refractivity contribution is 5.72. The molecule has 1 spiro atoms. The van der Waals surface area contributed by atoms with Crippen LogP contribution in [0.1, 0.15) is 29.5 Å². The van der Waals surface area contributed by atoms with Gasteiger partial charge >= 0.3 is 0 Å². The predicted octanol–water partition coefficient (Wildman–Crippen LogP) is 3.35. The van der Waals surface area contributed by atoms with E-state index in [0.29, 0.717) is 0 Å². The van der Waals surface area contributed by atoms with E-state index >= 15 is 0 Å². The van der Waals surface area contributed by atoms with E-state index in [9.17, 15) is 0 Å². The third-order valence-electron chi connectivity index (χ3n) is 6.18. The molecule has 0 atom stereocenters. The van der Waals surface area contributed by atoms with Crippen LogP contribution in [-0.4, -0.2) is 35.1 Å². The van der Waals surface area contributed by atoms with Crippen LogP contribution in [0.4, 0.5) is 5.95 Å². The molecular formula is C23H25N5. The van der Waals surface area contributed by atoms with Crippen molar-refractivity contribution < 1.29 is 0 Å². The van der Waals surface area contributed by atoms with Crippen molar-refractivity contribution >= 4 is 5.95 Å². The summed E-state index contributed by atoms with van der Waals surface area (Å²) in [5.74, 6) is 0.763. The maximum Gasteiger partial charge on any atom is 0.225 e. The number of benzene rings is 1. The second-order valence-corrected chi connectivity index (χ2v) is 8.01. The third-order valence-corrected chi connectivity index (χ3v) is 6.18. The summed E-state index contributed by atoms with van der Waals surface area (Å²) in [6, 6.07) is 12.9. The summed E-state index contributed by atoms with van der Waals surface area (Å²) in [5, 5.41) is 3.52. The van der Waals surface area contributed by atoms with Crippen molar-refractivity contribution in [3.05, 3.63) is 71.7 Å². The first-order valence-electron chi connectivity index (χ1n) is 10.0. The van der Waals surface area contributed by atoms with E-state index in [1.165, 1.54) is 29.5 Å². The number of aromatic nitrogens is 3. The summed E-state index contributed by atoms with van der Waals surface area (Å²) in [5.41, 5.74) is 6.50. The number of nitrogens with one attached hydrogen (secondary N) is 1. The fourth-order valence-corrected chi connectivity index (χ4v) is 4.74. The molecule has 142 valence electrons. The van der Waals surface area contributed by atoms with Crippen LogP contribution in [-0.2, 0) is 18.4 Å². The minimum atomic E-state index is 0.224. The normalized spacial score (nSPS) is 17.0. The lowest BCUT2D eigenvalue weighted by molar-refractivity contribution is 0.302. The smallest absolute Gasteiger partial charge is 0.225 e. The Hall–Kier alpha value is -2.79. The monoisotopic (exact) mass is 371 g/mol. The lowest BCUT2D eigenvalue weighted by Gasteiger charge is -2.42. The van der Waals surface area contributed by atoms with Gasteiger partial charge in [-0.3, -0.25) is 4.98 Å². The number of hydrogen-bond donors (Lipinski definition) is 1. The molecule has 5 heteroatoms. The standard InChI is InChI=1S/C23H25N5/c1-28(16-17-5-4-10-25-14-17)22-26-15-18-13-23(8-11-24-12-9-23)20-7-3-2-6-19(20)21(18)27-22/h2-7,10,14-15,24H,8-9,11-13,16H2,1H3. The quantitative estimate of drug-likeness (QED) is 0.765. The summed E-state index contributed by atoms with van der Waals surface area (Å²) in [6.45, 7) is 2.90. The molecule has 1 aromatic carbocycles. The molecule has 0 amide bonds. The van der Waals surface area contributed by atoms with Crippen LogP contribution in [0, 0.1) is 0 Å². The fourth-order valence-electron chi connectivity index (χ4n) is 4.74. The van der Waals surface area contributed by atoms with Gasteiger partial charge in [0.2, 0.25) is 5.95 Å². The second kappa shape index (κ2) is 6.99. The lowest BCUT2D eigenvalue weighted by Crippen LogP contribution is -2.43. The Morgan fingerprint density at radius 3 is 2.75 bits per heavy atom. The zero-order chi connectivity index (χ0) is 19.0. The summed E-state index contributed by atoms with van der Waals surface area (Å²) >= 11 is 0. The Kier molecular flexibility index (Phi) is 4.32. The van der Waals surface area contributed by atoms with Crippen molar-refractivity contribution in [2.45, 2.75) is 31.2 Å². The Balaban J connectivity index is 1.52. The Morgan fingerprint density at radius 2 is 1.93 bits per heavy atom. The molecule has 3 aromatic rings. The second-order valence-electron chi connectivity index (χ2n) is 8.01. The summed E-state index contributed by atoms with van der Waals surface area (Å²) in [4.78, 5) is 16.0. The number of fused-ring (bicyclic) bond motifs is 4. The maximum atomic E-state index is 5.01. The van der Waals surface area contributed by atoms with E-state index in [1.807, 2.05) is 19.3 Å². The summed E-state index contributed by atoms with van der Waals surface area (Å²) in [6.07, 6.45) is 9.13. The van der Waals surface area contributed by atoms with Crippen LogP contribution in [0.3, 0.4) is 0 Å². The molecule has 1 aliphatic carbocycles. The highest BCUT2D eigenvalue weighted by atomic mass is 15.2. The van der Waals surface area contributed by atoms with E-state index in [-0.39, 0.29) is 5.41 Å². The minimum Gasteiger partial charge on any atom is -0.339 e. The zero-order valence-corrected chi connectivity index (χ0v) is 16.2. The summed E-state index contributed by atoms with van der Waals surface area (Å²) < 4.78 is 0. The fraction of sp³-hybridized carbons (Fsp3) is 0.348. The van der Waals surface area contributed by atoms with Crippen LogP contribution in [0.5, 0.6) is 0 Å². The molecular weight excluding hydrogens is 346 g/mol. The number of nitrogens with zero attached hydrogens (tertiary/aromatic N) is 4. The van der Waals surface area contributed by atoms with Gasteiger partial charge in [-0.2, -0.15) is 0 Å². The van der Waals surface area contributed by atoms with Gasteiger partial charge in [-0.15, -0.1) is 0 Å². The molecule has 0 unspecified atom stereocenters. The predicted molar refractivity (Wildman–Crippen MR) is 111 cm³/mol. The van der Waals surface area contributed by atoms with Crippen molar-refractivity contribution in [2.75, 3.05) is 25.0 Å². The maximum absolute atomic E-state index is 5.01. The SMILES string of the molecule is CN(Cc1cccnc1)c1ncc2c(n1)-c1ccccc1C1(CCNCC1)C2. The molecule has 1 saturated heterocycles. The Labute approximate surface area is 165 Å². The van der Waals surface area contributed by atoms with Crippen LogP contribution in [0.15, 0.2) is 55.0 Å². The van der Waals surface area contributed by atoms with Crippen molar-refractivity contribution in [1.82, 2.24) is 20.3 Å². The highest BCUT2D eigenvalue weighted by Crippen LogP contribution is 2.47. The topological polar surface area (TPSA) is 53.9 Å². The average Bonchev–Trinajstić information content (AvgIpc) is 2.75. The van der Waals surface area contributed by atoms with Crippen LogP contribution >= 0.6 is 0 Å². The van der Waals surface area contributed by atoms with Crippen molar-refractivity contribution in [1.29, 1.82) is 0 Å². The van der Waals surface area contributed by atoms with E-state index in [1.54, 1.807) is 6.20 Å². The van der Waals surface area contributed by atoms with Crippen LogP contribution in [0.25, 0.3) is 11.3 Å². The van der Waals surface area contributed by atoms with Gasteiger partial charge in [0.15, 0.2) is 0 Å². The van der Waals surface area contributed by atoms with E-state index < -0.39 is 0 Å². The number of piperidine rings is 1. The number of pyridine rings is 1. The number of anilines is 1. The van der Waals surface area contributed by atoms with Crippen molar-refractivity contribution in [3.63, 3.8) is 0 Å². The molecule has 2 aliphatic rings. The molecule has 1 N–H and O–H groups in total. The molecule has 28 heavy (non-hydrogen) atoms. The molecule has 1 fully saturated rings. The first-order chi connectivity index (χ1) is 13.8. The molecule has 1 aliphatic heterocycles. The van der Waals surface area contributed by atoms with Gasteiger partial charge in [0.25, 0.3) is 0 Å². The molecule has 0 saturated carbocycles. The largest absolute Gasteiger partial charge is 0.339 e. The van der Waals surface area contributed by atoms with Gasteiger partial charge in [-0.05, 0) is 55.1 Å². The van der Waals surface area contributed by atoms with Crippen LogP contribution < -0.4 is 10.2 Å². The first-order valence-corrected chi connectivity index (χ1v) is 10.0. The first kappa shape index (κ1) is 17.3. The highest BCUT2D eigenvalue weighted by Gasteiger charge is 2.40. The Bertz CT molecular complexity index is 979. The zero-order valence-electron chi connectivity index (χ0n) is 16.2. The van der Waals surface area contributed by atoms with E-state index in [4.69, 9.17) is 9.97 Å². The molecule has 5 rings (SSSR count). The van der Waals surface area contributed by atoms with Crippen LogP contribution in [0.2, 0.25) is 0 Å². The molecule has 3 heterocycles. The number of hydrogen-bond acceptors (Lipinski definition) is 5. The molecule has 0 bridgehead atoms. The van der Waals surface area contributed by atoms with Crippen molar-refractivity contribution in [3.8, 4) is 11.3 Å². The van der Waals surface area contributed by atoms with E-state index in [2.05, 4.69) is 51.7 Å². The summed E-state index contributed by atoms with van der Waals surface area (Å²) in [7, 11) is 2.04. The average molecular weight is 371 g/mol. The molecule has 5 nitrogen and oxygen atoms in total. The van der Waals surface area contributed by atoms with Gasteiger partial charge in [0.05, 0.1) is 5.69 Å². The van der Waals surface area contributed by atoms with Gasteiger partial charge in [-0.25, -0.2) is 9.97 Å². The van der Waals surface area contributed by atoms with E-state index in [0.717, 1.165) is 43.3 Å².